The average Bonchev–Trinajstić information content (AvgIpc) is 3.35. The summed E-state index contributed by atoms with van der Waals surface area (Å²) >= 11 is 0. The van der Waals surface area contributed by atoms with Gasteiger partial charge in [-0.25, -0.2) is 9.97 Å². The lowest BCUT2D eigenvalue weighted by Crippen LogP contribution is -2.62. The summed E-state index contributed by atoms with van der Waals surface area (Å²) in [7, 11) is 0. The minimum atomic E-state index is -0.413. The van der Waals surface area contributed by atoms with E-state index in [9.17, 15) is 9.59 Å². The molecule has 0 unspecified atom stereocenters. The Labute approximate surface area is 169 Å². The highest BCUT2D eigenvalue weighted by Crippen LogP contribution is 2.37. The standard InChI is InChI=1S/C20H28N6O3/c1-12(2)9-21-18(27)15-8-14-17(23-11-22-14)20(25-15)4-6-26(7-5-20)19(28)16-10-29-13(3)24-16/h10-12,15,25H,4-9H2,1-3H3,(H,21,27)(H,22,23)/t15-/m0/s1. The number of amides is 2. The zero-order valence-electron chi connectivity index (χ0n) is 17.1. The molecule has 4 rings (SSSR count). The van der Waals surface area contributed by atoms with Crippen molar-refractivity contribution in [3.8, 4) is 0 Å². The van der Waals surface area contributed by atoms with Crippen LogP contribution in [0.4, 0.5) is 0 Å². The molecule has 4 heterocycles. The number of H-pyrrole nitrogens is 1. The highest BCUT2D eigenvalue weighted by Gasteiger charge is 2.46. The van der Waals surface area contributed by atoms with Gasteiger partial charge >= 0.3 is 0 Å². The predicted molar refractivity (Wildman–Crippen MR) is 105 cm³/mol. The first-order chi connectivity index (χ1) is 13.9. The zero-order chi connectivity index (χ0) is 20.6. The molecule has 2 aliphatic heterocycles. The van der Waals surface area contributed by atoms with Gasteiger partial charge in [-0.3, -0.25) is 14.9 Å². The van der Waals surface area contributed by atoms with Crippen LogP contribution in [0.1, 0.15) is 54.5 Å². The second-order valence-electron chi connectivity index (χ2n) is 8.40. The van der Waals surface area contributed by atoms with Crippen molar-refractivity contribution in [2.75, 3.05) is 19.6 Å². The van der Waals surface area contributed by atoms with E-state index in [4.69, 9.17) is 4.42 Å². The minimum Gasteiger partial charge on any atom is -0.448 e. The monoisotopic (exact) mass is 400 g/mol. The maximum Gasteiger partial charge on any atom is 0.275 e. The molecule has 2 amide bonds. The van der Waals surface area contributed by atoms with Gasteiger partial charge in [0.25, 0.3) is 5.91 Å². The predicted octanol–water partition coefficient (Wildman–Crippen LogP) is 1.12. The van der Waals surface area contributed by atoms with Gasteiger partial charge in [-0.15, -0.1) is 0 Å². The number of piperidine rings is 1. The van der Waals surface area contributed by atoms with E-state index in [1.807, 2.05) is 0 Å². The minimum absolute atomic E-state index is 0.00917. The lowest BCUT2D eigenvalue weighted by atomic mass is 9.78. The number of carbonyl (C=O) groups is 2. The Morgan fingerprint density at radius 3 is 2.79 bits per heavy atom. The molecule has 0 bridgehead atoms. The van der Waals surface area contributed by atoms with Crippen molar-refractivity contribution < 1.29 is 14.0 Å². The molecule has 2 aromatic rings. The fourth-order valence-corrected chi connectivity index (χ4v) is 4.23. The molecular weight excluding hydrogens is 372 g/mol. The van der Waals surface area contributed by atoms with Gasteiger partial charge in [-0.1, -0.05) is 13.8 Å². The Kier molecular flexibility index (Phi) is 5.16. The summed E-state index contributed by atoms with van der Waals surface area (Å²) in [6.07, 6.45) is 5.05. The summed E-state index contributed by atoms with van der Waals surface area (Å²) in [6.45, 7) is 7.64. The van der Waals surface area contributed by atoms with E-state index in [-0.39, 0.29) is 17.9 Å². The smallest absolute Gasteiger partial charge is 0.275 e. The molecule has 0 radical (unpaired) electrons. The largest absolute Gasteiger partial charge is 0.448 e. The maximum absolute atomic E-state index is 12.7. The molecule has 9 nitrogen and oxygen atoms in total. The average molecular weight is 400 g/mol. The van der Waals surface area contributed by atoms with Crippen molar-refractivity contribution in [1.29, 1.82) is 0 Å². The molecule has 1 spiro atoms. The molecule has 3 N–H and O–H groups in total. The number of fused-ring (bicyclic) bond motifs is 2. The molecule has 2 aliphatic rings. The first kappa shape index (κ1) is 19.6. The number of oxazole rings is 1. The van der Waals surface area contributed by atoms with Crippen LogP contribution in [-0.4, -0.2) is 57.3 Å². The Morgan fingerprint density at radius 2 is 2.14 bits per heavy atom. The van der Waals surface area contributed by atoms with Crippen molar-refractivity contribution in [2.45, 2.75) is 51.6 Å². The third-order valence-corrected chi connectivity index (χ3v) is 5.77. The fraction of sp³-hybridized carbons (Fsp3) is 0.600. The number of nitrogens with zero attached hydrogens (tertiary/aromatic N) is 3. The summed E-state index contributed by atoms with van der Waals surface area (Å²) in [5.41, 5.74) is 1.89. The number of rotatable bonds is 4. The highest BCUT2D eigenvalue weighted by atomic mass is 16.3. The quantitative estimate of drug-likeness (QED) is 0.708. The van der Waals surface area contributed by atoms with Gasteiger partial charge in [0.2, 0.25) is 5.91 Å². The number of hydrogen-bond acceptors (Lipinski definition) is 6. The van der Waals surface area contributed by atoms with E-state index < -0.39 is 5.54 Å². The van der Waals surface area contributed by atoms with Crippen LogP contribution < -0.4 is 10.6 Å². The van der Waals surface area contributed by atoms with E-state index in [0.717, 1.165) is 11.4 Å². The van der Waals surface area contributed by atoms with Crippen LogP contribution in [0, 0.1) is 12.8 Å². The fourth-order valence-electron chi connectivity index (χ4n) is 4.23. The third-order valence-electron chi connectivity index (χ3n) is 5.77. The molecule has 0 aromatic carbocycles. The lowest BCUT2D eigenvalue weighted by molar-refractivity contribution is -0.124. The zero-order valence-corrected chi connectivity index (χ0v) is 17.1. The number of nitrogens with one attached hydrogen (secondary N) is 3. The van der Waals surface area contributed by atoms with Crippen LogP contribution in [0.3, 0.4) is 0 Å². The Morgan fingerprint density at radius 1 is 1.38 bits per heavy atom. The van der Waals surface area contributed by atoms with Crippen LogP contribution in [0.2, 0.25) is 0 Å². The number of aromatic nitrogens is 3. The summed E-state index contributed by atoms with van der Waals surface area (Å²) in [5.74, 6) is 0.761. The van der Waals surface area contributed by atoms with Crippen LogP contribution in [-0.2, 0) is 16.8 Å². The molecule has 0 aliphatic carbocycles. The second-order valence-corrected chi connectivity index (χ2v) is 8.40. The SMILES string of the molecule is Cc1nc(C(=O)N2CCC3(CC2)N[C@H](C(=O)NCC(C)C)Cc2[nH]cnc23)co1. The van der Waals surface area contributed by atoms with Crippen LogP contribution in [0.15, 0.2) is 17.0 Å². The number of likely N-dealkylation sites (tertiary alicyclic amines) is 1. The Balaban J connectivity index is 1.48. The Hall–Kier alpha value is -2.68. The molecule has 1 saturated heterocycles. The molecule has 1 fully saturated rings. The van der Waals surface area contributed by atoms with Crippen molar-refractivity contribution in [2.24, 2.45) is 5.92 Å². The van der Waals surface area contributed by atoms with E-state index in [2.05, 4.69) is 39.4 Å². The number of aromatic amines is 1. The molecule has 0 saturated carbocycles. The number of carbonyl (C=O) groups excluding carboxylic acids is 2. The van der Waals surface area contributed by atoms with Crippen molar-refractivity contribution in [1.82, 2.24) is 30.5 Å². The van der Waals surface area contributed by atoms with Gasteiger partial charge < -0.3 is 19.6 Å². The number of hydrogen-bond donors (Lipinski definition) is 3. The second kappa shape index (κ2) is 7.62. The van der Waals surface area contributed by atoms with Gasteiger partial charge in [-0.2, -0.15) is 0 Å². The third kappa shape index (κ3) is 3.78. The summed E-state index contributed by atoms with van der Waals surface area (Å²) < 4.78 is 5.17. The first-order valence-corrected chi connectivity index (χ1v) is 10.2. The van der Waals surface area contributed by atoms with Gasteiger partial charge in [0.15, 0.2) is 11.6 Å². The van der Waals surface area contributed by atoms with Crippen LogP contribution in [0.5, 0.6) is 0 Å². The lowest BCUT2D eigenvalue weighted by Gasteiger charge is -2.46. The van der Waals surface area contributed by atoms with Crippen LogP contribution in [0.25, 0.3) is 0 Å². The molecule has 2 aromatic heterocycles. The molecular formula is C20H28N6O3. The van der Waals surface area contributed by atoms with E-state index in [1.54, 1.807) is 18.2 Å². The summed E-state index contributed by atoms with van der Waals surface area (Å²) in [4.78, 5) is 39.1. The molecule has 9 heteroatoms. The van der Waals surface area contributed by atoms with Gasteiger partial charge in [-0.05, 0) is 18.8 Å². The molecule has 29 heavy (non-hydrogen) atoms. The van der Waals surface area contributed by atoms with Crippen molar-refractivity contribution in [3.05, 3.63) is 35.6 Å². The van der Waals surface area contributed by atoms with E-state index >= 15 is 0 Å². The van der Waals surface area contributed by atoms with Crippen molar-refractivity contribution >= 4 is 11.8 Å². The summed E-state index contributed by atoms with van der Waals surface area (Å²) in [6, 6.07) is -0.317. The van der Waals surface area contributed by atoms with Gasteiger partial charge in [0, 0.05) is 38.7 Å². The molecule has 156 valence electrons. The highest BCUT2D eigenvalue weighted by molar-refractivity contribution is 5.92. The Bertz CT molecular complexity index is 894. The van der Waals surface area contributed by atoms with E-state index in [0.29, 0.717) is 56.4 Å². The first-order valence-electron chi connectivity index (χ1n) is 10.2. The van der Waals surface area contributed by atoms with Gasteiger partial charge in [0.05, 0.1) is 23.6 Å². The number of aryl methyl sites for hydroxylation is 1. The summed E-state index contributed by atoms with van der Waals surface area (Å²) in [5, 5.41) is 6.60. The van der Waals surface area contributed by atoms with Gasteiger partial charge in [0.1, 0.15) is 6.26 Å². The number of imidazole rings is 1. The van der Waals surface area contributed by atoms with Crippen LogP contribution >= 0.6 is 0 Å². The normalized spacial score (nSPS) is 20.7. The topological polar surface area (TPSA) is 116 Å². The van der Waals surface area contributed by atoms with E-state index in [1.165, 1.54) is 6.26 Å². The van der Waals surface area contributed by atoms with Crippen molar-refractivity contribution in [3.63, 3.8) is 0 Å². The maximum atomic E-state index is 12.7. The molecule has 1 atom stereocenters.